The van der Waals surface area contributed by atoms with Gasteiger partial charge in [0.05, 0.1) is 5.60 Å². The molecule has 0 saturated carbocycles. The van der Waals surface area contributed by atoms with Crippen LogP contribution in [0.2, 0.25) is 0 Å². The third kappa shape index (κ3) is 9.80. The second-order valence-corrected chi connectivity index (χ2v) is 6.47. The molecule has 0 atom stereocenters. The zero-order valence-electron chi connectivity index (χ0n) is 14.8. The Bertz CT molecular complexity index is 180. The highest BCUT2D eigenvalue weighted by Crippen LogP contribution is 2.31. The van der Waals surface area contributed by atoms with E-state index in [-0.39, 0.29) is 5.60 Å². The SMILES string of the molecule is CCCCCCCCCC(CCCC)(CCCC)OC. The molecule has 1 nitrogen and oxygen atoms in total. The summed E-state index contributed by atoms with van der Waals surface area (Å²) in [6.45, 7) is 6.86. The molecule has 0 spiro atoms. The molecule has 0 aromatic carbocycles. The lowest BCUT2D eigenvalue weighted by Crippen LogP contribution is -2.31. The number of methoxy groups -OCH3 is 1. The standard InChI is InChI=1S/C19H40O/c1-5-8-11-12-13-14-15-18-19(20-4,16-9-6-2)17-10-7-3/h5-18H2,1-4H3. The predicted octanol–water partition coefficient (Wildman–Crippen LogP) is 6.89. The number of ether oxygens (including phenoxy) is 1. The molecule has 0 N–H and O–H groups in total. The molecule has 0 aliphatic rings. The van der Waals surface area contributed by atoms with Gasteiger partial charge in [0, 0.05) is 7.11 Å². The van der Waals surface area contributed by atoms with Gasteiger partial charge in [-0.05, 0) is 19.3 Å². The summed E-state index contributed by atoms with van der Waals surface area (Å²) in [6, 6.07) is 0. The van der Waals surface area contributed by atoms with Gasteiger partial charge in [0.1, 0.15) is 0 Å². The molecule has 122 valence electrons. The minimum Gasteiger partial charge on any atom is -0.378 e. The van der Waals surface area contributed by atoms with E-state index in [1.165, 1.54) is 89.9 Å². The van der Waals surface area contributed by atoms with Crippen LogP contribution in [0.4, 0.5) is 0 Å². The van der Waals surface area contributed by atoms with Crippen LogP contribution < -0.4 is 0 Å². The lowest BCUT2D eigenvalue weighted by atomic mass is 9.85. The van der Waals surface area contributed by atoms with E-state index in [9.17, 15) is 0 Å². The van der Waals surface area contributed by atoms with Gasteiger partial charge in [0.2, 0.25) is 0 Å². The van der Waals surface area contributed by atoms with Crippen LogP contribution in [0.15, 0.2) is 0 Å². The smallest absolute Gasteiger partial charge is 0.0678 e. The van der Waals surface area contributed by atoms with Crippen molar-refractivity contribution in [2.24, 2.45) is 0 Å². The van der Waals surface area contributed by atoms with Crippen LogP contribution in [0.3, 0.4) is 0 Å². The second kappa shape index (κ2) is 13.9. The van der Waals surface area contributed by atoms with Crippen molar-refractivity contribution in [2.75, 3.05) is 7.11 Å². The quantitative estimate of drug-likeness (QED) is 0.297. The average molecular weight is 285 g/mol. The van der Waals surface area contributed by atoms with Crippen LogP contribution in [0.5, 0.6) is 0 Å². The molecule has 0 aromatic rings. The van der Waals surface area contributed by atoms with Crippen LogP contribution in [0.1, 0.15) is 111 Å². The van der Waals surface area contributed by atoms with Crippen molar-refractivity contribution in [3.05, 3.63) is 0 Å². The van der Waals surface area contributed by atoms with Crippen LogP contribution in [-0.4, -0.2) is 12.7 Å². The van der Waals surface area contributed by atoms with Crippen molar-refractivity contribution in [3.63, 3.8) is 0 Å². The predicted molar refractivity (Wildman–Crippen MR) is 91.4 cm³/mol. The van der Waals surface area contributed by atoms with E-state index < -0.39 is 0 Å². The molecule has 0 radical (unpaired) electrons. The molecule has 0 amide bonds. The lowest BCUT2D eigenvalue weighted by molar-refractivity contribution is -0.0360. The summed E-state index contributed by atoms with van der Waals surface area (Å²) in [5.41, 5.74) is 0.190. The summed E-state index contributed by atoms with van der Waals surface area (Å²) < 4.78 is 5.99. The Morgan fingerprint density at radius 3 is 1.40 bits per heavy atom. The summed E-state index contributed by atoms with van der Waals surface area (Å²) in [5, 5.41) is 0. The van der Waals surface area contributed by atoms with E-state index in [1.54, 1.807) is 0 Å². The molecule has 0 unspecified atom stereocenters. The topological polar surface area (TPSA) is 9.23 Å². The van der Waals surface area contributed by atoms with Gasteiger partial charge in [0.25, 0.3) is 0 Å². The first-order valence-electron chi connectivity index (χ1n) is 9.29. The van der Waals surface area contributed by atoms with Gasteiger partial charge in [-0.15, -0.1) is 0 Å². The fraction of sp³-hybridized carbons (Fsp3) is 1.00. The van der Waals surface area contributed by atoms with E-state index in [0.717, 1.165) is 0 Å². The van der Waals surface area contributed by atoms with Crippen molar-refractivity contribution < 1.29 is 4.74 Å². The van der Waals surface area contributed by atoms with Crippen molar-refractivity contribution in [2.45, 2.75) is 116 Å². The van der Waals surface area contributed by atoms with E-state index in [4.69, 9.17) is 4.74 Å². The number of rotatable bonds is 15. The molecule has 20 heavy (non-hydrogen) atoms. The van der Waals surface area contributed by atoms with Gasteiger partial charge in [-0.25, -0.2) is 0 Å². The Hall–Kier alpha value is -0.0400. The first kappa shape index (κ1) is 20.0. The molecule has 0 bridgehead atoms. The normalized spacial score (nSPS) is 12.0. The highest BCUT2D eigenvalue weighted by Gasteiger charge is 2.27. The molecule has 0 rings (SSSR count). The molecule has 1 heteroatoms. The maximum absolute atomic E-state index is 5.99. The van der Waals surface area contributed by atoms with Crippen LogP contribution in [-0.2, 0) is 4.74 Å². The first-order chi connectivity index (χ1) is 9.74. The molecule has 0 fully saturated rings. The Labute approximate surface area is 128 Å². The molecule has 0 aliphatic carbocycles. The van der Waals surface area contributed by atoms with Gasteiger partial charge in [-0.3, -0.25) is 0 Å². The largest absolute Gasteiger partial charge is 0.378 e. The highest BCUT2D eigenvalue weighted by atomic mass is 16.5. The van der Waals surface area contributed by atoms with E-state index in [2.05, 4.69) is 20.8 Å². The maximum atomic E-state index is 5.99. The van der Waals surface area contributed by atoms with Gasteiger partial charge in [-0.1, -0.05) is 91.4 Å². The van der Waals surface area contributed by atoms with E-state index >= 15 is 0 Å². The molecular weight excluding hydrogens is 244 g/mol. The Balaban J connectivity index is 3.94. The third-order valence-corrected chi connectivity index (χ3v) is 4.64. The molecule has 0 aromatic heterocycles. The molecule has 0 saturated heterocycles. The summed E-state index contributed by atoms with van der Waals surface area (Å²) >= 11 is 0. The van der Waals surface area contributed by atoms with Gasteiger partial charge in [0.15, 0.2) is 0 Å². The van der Waals surface area contributed by atoms with Crippen molar-refractivity contribution in [3.8, 4) is 0 Å². The fourth-order valence-corrected chi connectivity index (χ4v) is 3.08. The average Bonchev–Trinajstić information content (AvgIpc) is 2.48. The summed E-state index contributed by atoms with van der Waals surface area (Å²) in [6.07, 6.45) is 18.8. The summed E-state index contributed by atoms with van der Waals surface area (Å²) in [7, 11) is 1.94. The molecule has 0 heterocycles. The second-order valence-electron chi connectivity index (χ2n) is 6.47. The van der Waals surface area contributed by atoms with E-state index in [0.29, 0.717) is 0 Å². The van der Waals surface area contributed by atoms with Gasteiger partial charge < -0.3 is 4.74 Å². The Morgan fingerprint density at radius 1 is 0.550 bits per heavy atom. The zero-order chi connectivity index (χ0) is 15.1. The number of hydrogen-bond donors (Lipinski definition) is 0. The minimum atomic E-state index is 0.190. The maximum Gasteiger partial charge on any atom is 0.0678 e. The van der Waals surface area contributed by atoms with Crippen LogP contribution in [0.25, 0.3) is 0 Å². The summed E-state index contributed by atoms with van der Waals surface area (Å²) in [4.78, 5) is 0. The van der Waals surface area contributed by atoms with Crippen molar-refractivity contribution in [1.82, 2.24) is 0 Å². The summed E-state index contributed by atoms with van der Waals surface area (Å²) in [5.74, 6) is 0. The number of unbranched alkanes of at least 4 members (excludes halogenated alkanes) is 8. The fourth-order valence-electron chi connectivity index (χ4n) is 3.08. The highest BCUT2D eigenvalue weighted by molar-refractivity contribution is 4.80. The van der Waals surface area contributed by atoms with Crippen LogP contribution in [0, 0.1) is 0 Å². The van der Waals surface area contributed by atoms with Gasteiger partial charge >= 0.3 is 0 Å². The first-order valence-corrected chi connectivity index (χ1v) is 9.29. The van der Waals surface area contributed by atoms with E-state index in [1.807, 2.05) is 7.11 Å². The molecule has 0 aliphatic heterocycles. The third-order valence-electron chi connectivity index (χ3n) is 4.64. The molecular formula is C19H40O. The van der Waals surface area contributed by atoms with Crippen molar-refractivity contribution in [1.29, 1.82) is 0 Å². The van der Waals surface area contributed by atoms with Crippen molar-refractivity contribution >= 4 is 0 Å². The Morgan fingerprint density at radius 2 is 0.950 bits per heavy atom. The number of hydrogen-bond acceptors (Lipinski definition) is 1. The van der Waals surface area contributed by atoms with Crippen LogP contribution >= 0.6 is 0 Å². The zero-order valence-corrected chi connectivity index (χ0v) is 14.8. The minimum absolute atomic E-state index is 0.190. The van der Waals surface area contributed by atoms with Gasteiger partial charge in [-0.2, -0.15) is 0 Å². The lowest BCUT2D eigenvalue weighted by Gasteiger charge is -2.33. The Kier molecular flexibility index (Phi) is 13.9. The monoisotopic (exact) mass is 284 g/mol.